The van der Waals surface area contributed by atoms with E-state index in [0.717, 1.165) is 22.6 Å². The van der Waals surface area contributed by atoms with Gasteiger partial charge in [0.1, 0.15) is 23.1 Å². The van der Waals surface area contributed by atoms with E-state index in [1.54, 1.807) is 21.1 Å². The molecule has 0 radical (unpaired) electrons. The lowest BCUT2D eigenvalue weighted by Gasteiger charge is -2.04. The first-order valence-electron chi connectivity index (χ1n) is 8.06. The van der Waals surface area contributed by atoms with Crippen LogP contribution in [0.3, 0.4) is 0 Å². The normalized spacial score (nSPS) is 11.8. The molecule has 26 heavy (non-hydrogen) atoms. The van der Waals surface area contributed by atoms with Crippen molar-refractivity contribution in [3.05, 3.63) is 54.4 Å². The second-order valence-electron chi connectivity index (χ2n) is 5.75. The predicted octanol–water partition coefficient (Wildman–Crippen LogP) is 4.21. The molecule has 0 fully saturated rings. The number of ether oxygens (including phenoxy) is 2. The monoisotopic (exact) mass is 353 g/mol. The maximum atomic E-state index is 11.3. The van der Waals surface area contributed by atoms with Gasteiger partial charge in [0.25, 0.3) is 0 Å². The third-order valence-corrected chi connectivity index (χ3v) is 4.10. The highest BCUT2D eigenvalue weighted by Gasteiger charge is 2.24. The maximum absolute atomic E-state index is 11.3. The van der Waals surface area contributed by atoms with Crippen LogP contribution in [0.15, 0.2) is 52.9 Å². The van der Waals surface area contributed by atoms with Crippen LogP contribution in [0.1, 0.15) is 18.7 Å². The second-order valence-corrected chi connectivity index (χ2v) is 5.75. The summed E-state index contributed by atoms with van der Waals surface area (Å²) >= 11 is 0. The average Bonchev–Trinajstić information content (AvgIpc) is 3.12. The highest BCUT2D eigenvalue weighted by Crippen LogP contribution is 2.36. The van der Waals surface area contributed by atoms with E-state index in [-0.39, 0.29) is 5.89 Å². The number of carboxylic acids is 1. The van der Waals surface area contributed by atoms with E-state index in [4.69, 9.17) is 13.9 Å². The van der Waals surface area contributed by atoms with E-state index >= 15 is 0 Å². The van der Waals surface area contributed by atoms with Gasteiger partial charge >= 0.3 is 5.97 Å². The van der Waals surface area contributed by atoms with Gasteiger partial charge in [-0.3, -0.25) is 4.79 Å². The van der Waals surface area contributed by atoms with Crippen LogP contribution in [-0.4, -0.2) is 30.3 Å². The second kappa shape index (κ2) is 7.31. The van der Waals surface area contributed by atoms with Gasteiger partial charge in [0.15, 0.2) is 5.76 Å². The molecule has 1 atom stereocenters. The molecule has 0 amide bonds. The molecule has 0 aliphatic rings. The van der Waals surface area contributed by atoms with Gasteiger partial charge < -0.3 is 19.0 Å². The Morgan fingerprint density at radius 2 is 1.46 bits per heavy atom. The molecule has 134 valence electrons. The minimum Gasteiger partial charge on any atom is -0.497 e. The summed E-state index contributed by atoms with van der Waals surface area (Å²) < 4.78 is 16.2. The highest BCUT2D eigenvalue weighted by molar-refractivity contribution is 5.79. The molecule has 6 heteroatoms. The number of carbonyl (C=O) groups is 1. The minimum atomic E-state index is -0.992. The molecule has 0 spiro atoms. The van der Waals surface area contributed by atoms with Crippen molar-refractivity contribution in [3.8, 4) is 34.1 Å². The summed E-state index contributed by atoms with van der Waals surface area (Å²) in [5, 5.41) is 9.28. The van der Waals surface area contributed by atoms with Crippen LogP contribution in [0, 0.1) is 0 Å². The van der Waals surface area contributed by atoms with Gasteiger partial charge in [-0.25, -0.2) is 4.98 Å². The summed E-state index contributed by atoms with van der Waals surface area (Å²) in [6, 6.07) is 14.7. The molecule has 3 rings (SSSR count). The van der Waals surface area contributed by atoms with E-state index in [1.807, 2.05) is 48.5 Å². The molecule has 3 aromatic rings. The lowest BCUT2D eigenvalue weighted by atomic mass is 10.1. The largest absolute Gasteiger partial charge is 0.497 e. The van der Waals surface area contributed by atoms with E-state index in [1.165, 1.54) is 0 Å². The van der Waals surface area contributed by atoms with Crippen molar-refractivity contribution in [1.29, 1.82) is 0 Å². The summed E-state index contributed by atoms with van der Waals surface area (Å²) in [5.74, 6) is 0.281. The Kier molecular flexibility index (Phi) is 4.93. The first-order valence-corrected chi connectivity index (χ1v) is 8.06. The number of methoxy groups -OCH3 is 2. The molecule has 2 aromatic carbocycles. The predicted molar refractivity (Wildman–Crippen MR) is 96.5 cm³/mol. The topological polar surface area (TPSA) is 81.8 Å². The summed E-state index contributed by atoms with van der Waals surface area (Å²) in [6.07, 6.45) is 0. The number of nitrogens with zero attached hydrogens (tertiary/aromatic N) is 1. The lowest BCUT2D eigenvalue weighted by molar-refractivity contribution is -0.138. The number of aromatic nitrogens is 1. The van der Waals surface area contributed by atoms with E-state index in [0.29, 0.717) is 11.5 Å². The SMILES string of the molecule is COc1ccc(-c2nc(C(C)C(=O)O)oc2-c2ccc(OC)cc2)cc1. The Morgan fingerprint density at radius 3 is 1.92 bits per heavy atom. The van der Waals surface area contributed by atoms with Crippen LogP contribution in [0.2, 0.25) is 0 Å². The summed E-state index contributed by atoms with van der Waals surface area (Å²) in [5.41, 5.74) is 2.18. The highest BCUT2D eigenvalue weighted by atomic mass is 16.5. The molecule has 1 unspecified atom stereocenters. The Balaban J connectivity index is 2.11. The lowest BCUT2D eigenvalue weighted by Crippen LogP contribution is -2.07. The average molecular weight is 353 g/mol. The smallest absolute Gasteiger partial charge is 0.315 e. The van der Waals surface area contributed by atoms with Gasteiger partial charge in [-0.05, 0) is 55.5 Å². The molecule has 1 N–H and O–H groups in total. The molecule has 1 heterocycles. The number of carboxylic acid groups (broad SMARTS) is 1. The zero-order valence-corrected chi connectivity index (χ0v) is 14.7. The number of aliphatic carboxylic acids is 1. The fourth-order valence-electron chi connectivity index (χ4n) is 2.51. The number of hydrogen-bond acceptors (Lipinski definition) is 5. The molecular formula is C20H19NO5. The van der Waals surface area contributed by atoms with Crippen LogP contribution < -0.4 is 9.47 Å². The third-order valence-electron chi connectivity index (χ3n) is 4.10. The molecule has 0 saturated carbocycles. The van der Waals surface area contributed by atoms with Gasteiger partial charge in [0.2, 0.25) is 5.89 Å². The number of benzene rings is 2. The molecular weight excluding hydrogens is 334 g/mol. The minimum absolute atomic E-state index is 0.161. The zero-order valence-electron chi connectivity index (χ0n) is 14.7. The fraction of sp³-hybridized carbons (Fsp3) is 0.200. The van der Waals surface area contributed by atoms with Crippen molar-refractivity contribution in [1.82, 2.24) is 4.98 Å². The summed E-state index contributed by atoms with van der Waals surface area (Å²) in [7, 11) is 3.19. The van der Waals surface area contributed by atoms with Gasteiger partial charge in [0, 0.05) is 11.1 Å². The van der Waals surface area contributed by atoms with E-state index in [9.17, 15) is 9.90 Å². The van der Waals surface area contributed by atoms with Gasteiger partial charge in [-0.2, -0.15) is 0 Å². The summed E-state index contributed by atoms with van der Waals surface area (Å²) in [4.78, 5) is 15.8. The molecule has 0 bridgehead atoms. The molecule has 6 nitrogen and oxygen atoms in total. The fourth-order valence-corrected chi connectivity index (χ4v) is 2.51. The molecule has 0 saturated heterocycles. The van der Waals surface area contributed by atoms with Crippen molar-refractivity contribution < 1.29 is 23.8 Å². The standard InChI is InChI=1S/C20H19NO5/c1-12(20(22)23)19-21-17(13-4-8-15(24-2)9-5-13)18(26-19)14-6-10-16(25-3)11-7-14/h4-12H,1-3H3,(H,22,23). The van der Waals surface area contributed by atoms with Crippen molar-refractivity contribution in [2.24, 2.45) is 0 Å². The summed E-state index contributed by atoms with van der Waals surface area (Å²) in [6.45, 7) is 1.55. The first kappa shape index (κ1) is 17.5. The van der Waals surface area contributed by atoms with Crippen LogP contribution >= 0.6 is 0 Å². The van der Waals surface area contributed by atoms with Crippen LogP contribution in [0.5, 0.6) is 11.5 Å². The Bertz CT molecular complexity index is 832. The van der Waals surface area contributed by atoms with Gasteiger partial charge in [-0.1, -0.05) is 0 Å². The Morgan fingerprint density at radius 1 is 0.962 bits per heavy atom. The van der Waals surface area contributed by atoms with Crippen LogP contribution in [0.25, 0.3) is 22.6 Å². The van der Waals surface area contributed by atoms with E-state index in [2.05, 4.69) is 4.98 Å². The zero-order chi connectivity index (χ0) is 18.7. The molecule has 1 aromatic heterocycles. The Labute approximate surface area is 151 Å². The van der Waals surface area contributed by atoms with E-state index < -0.39 is 11.9 Å². The maximum Gasteiger partial charge on any atom is 0.315 e. The van der Waals surface area contributed by atoms with Crippen molar-refractivity contribution in [2.45, 2.75) is 12.8 Å². The first-order chi connectivity index (χ1) is 12.5. The van der Waals surface area contributed by atoms with Crippen molar-refractivity contribution in [3.63, 3.8) is 0 Å². The quantitative estimate of drug-likeness (QED) is 0.715. The van der Waals surface area contributed by atoms with Crippen LogP contribution in [0.4, 0.5) is 0 Å². The molecule has 0 aliphatic heterocycles. The van der Waals surface area contributed by atoms with Gasteiger partial charge in [0.05, 0.1) is 14.2 Å². The van der Waals surface area contributed by atoms with Crippen LogP contribution in [-0.2, 0) is 4.79 Å². The van der Waals surface area contributed by atoms with Crippen molar-refractivity contribution >= 4 is 5.97 Å². The van der Waals surface area contributed by atoms with Gasteiger partial charge in [-0.15, -0.1) is 0 Å². The molecule has 0 aliphatic carbocycles. The number of hydrogen-bond donors (Lipinski definition) is 1. The third kappa shape index (κ3) is 3.39. The number of oxazole rings is 1. The number of rotatable bonds is 6. The van der Waals surface area contributed by atoms with Crippen molar-refractivity contribution in [2.75, 3.05) is 14.2 Å². The Hall–Kier alpha value is -3.28.